The molecule has 1 atom stereocenters. The molecule has 1 aliphatic heterocycles. The van der Waals surface area contributed by atoms with E-state index in [-0.39, 0.29) is 5.54 Å². The molecule has 76 valence electrons. The smallest absolute Gasteiger partial charge is 0.0408 e. The zero-order valence-corrected chi connectivity index (χ0v) is 9.27. The zero-order valence-electron chi connectivity index (χ0n) is 8.52. The molecule has 0 aromatic heterocycles. The van der Waals surface area contributed by atoms with Gasteiger partial charge in [-0.15, -0.1) is 0 Å². The first kappa shape index (κ1) is 10.0. The summed E-state index contributed by atoms with van der Waals surface area (Å²) >= 11 is 5.96. The van der Waals surface area contributed by atoms with Crippen molar-refractivity contribution in [3.05, 3.63) is 34.9 Å². The summed E-state index contributed by atoms with van der Waals surface area (Å²) in [6, 6.07) is 8.16. The molecular weight excluding hydrogens is 194 g/mol. The van der Waals surface area contributed by atoms with E-state index in [4.69, 9.17) is 11.6 Å². The molecule has 2 heteroatoms. The van der Waals surface area contributed by atoms with E-state index in [0.29, 0.717) is 0 Å². The SMILES string of the molecule is C[C@@]1(Cc2cccc(Cl)c2)CCCN1. The van der Waals surface area contributed by atoms with Gasteiger partial charge in [0.15, 0.2) is 0 Å². The second-order valence-electron chi connectivity index (χ2n) is 4.40. The highest BCUT2D eigenvalue weighted by Gasteiger charge is 2.27. The van der Waals surface area contributed by atoms with Gasteiger partial charge < -0.3 is 5.32 Å². The van der Waals surface area contributed by atoms with Gasteiger partial charge >= 0.3 is 0 Å². The van der Waals surface area contributed by atoms with Gasteiger partial charge in [0, 0.05) is 10.6 Å². The normalized spacial score (nSPS) is 26.7. The number of benzene rings is 1. The van der Waals surface area contributed by atoms with Crippen molar-refractivity contribution in [2.24, 2.45) is 0 Å². The van der Waals surface area contributed by atoms with Crippen LogP contribution in [-0.4, -0.2) is 12.1 Å². The van der Waals surface area contributed by atoms with Crippen LogP contribution in [0.3, 0.4) is 0 Å². The molecule has 1 fully saturated rings. The van der Waals surface area contributed by atoms with E-state index in [0.717, 1.165) is 18.0 Å². The molecule has 0 unspecified atom stereocenters. The van der Waals surface area contributed by atoms with Crippen molar-refractivity contribution in [1.29, 1.82) is 0 Å². The van der Waals surface area contributed by atoms with Gasteiger partial charge in [0.2, 0.25) is 0 Å². The van der Waals surface area contributed by atoms with E-state index < -0.39 is 0 Å². The van der Waals surface area contributed by atoms with Gasteiger partial charge in [-0.2, -0.15) is 0 Å². The molecule has 0 aliphatic carbocycles. The predicted molar refractivity (Wildman–Crippen MR) is 60.8 cm³/mol. The first-order valence-electron chi connectivity index (χ1n) is 5.17. The minimum absolute atomic E-state index is 0.282. The summed E-state index contributed by atoms with van der Waals surface area (Å²) in [5, 5.41) is 4.39. The minimum Gasteiger partial charge on any atom is -0.311 e. The van der Waals surface area contributed by atoms with Crippen LogP contribution in [0.15, 0.2) is 24.3 Å². The van der Waals surface area contributed by atoms with Crippen molar-refractivity contribution < 1.29 is 0 Å². The van der Waals surface area contributed by atoms with Crippen molar-refractivity contribution in [2.45, 2.75) is 31.7 Å². The number of hydrogen-bond acceptors (Lipinski definition) is 1. The topological polar surface area (TPSA) is 12.0 Å². The second-order valence-corrected chi connectivity index (χ2v) is 4.83. The van der Waals surface area contributed by atoms with Crippen LogP contribution >= 0.6 is 11.6 Å². The third-order valence-corrected chi connectivity index (χ3v) is 3.18. The Morgan fingerprint density at radius 2 is 2.36 bits per heavy atom. The first-order chi connectivity index (χ1) is 6.68. The third-order valence-electron chi connectivity index (χ3n) is 2.94. The molecule has 2 rings (SSSR count). The van der Waals surface area contributed by atoms with E-state index >= 15 is 0 Å². The van der Waals surface area contributed by atoms with Crippen LogP contribution in [0.25, 0.3) is 0 Å². The first-order valence-corrected chi connectivity index (χ1v) is 5.55. The lowest BCUT2D eigenvalue weighted by atomic mass is 9.91. The van der Waals surface area contributed by atoms with Crippen LogP contribution in [0.4, 0.5) is 0 Å². The summed E-state index contributed by atoms with van der Waals surface area (Å²) in [6.45, 7) is 3.44. The zero-order chi connectivity index (χ0) is 10.0. The van der Waals surface area contributed by atoms with Gasteiger partial charge in [0.1, 0.15) is 0 Å². The molecule has 1 aromatic carbocycles. The molecule has 1 heterocycles. The van der Waals surface area contributed by atoms with Crippen LogP contribution < -0.4 is 5.32 Å². The number of rotatable bonds is 2. The van der Waals surface area contributed by atoms with Crippen LogP contribution in [-0.2, 0) is 6.42 Å². The monoisotopic (exact) mass is 209 g/mol. The lowest BCUT2D eigenvalue weighted by Crippen LogP contribution is -2.38. The molecule has 0 saturated carbocycles. The highest BCUT2D eigenvalue weighted by atomic mass is 35.5. The van der Waals surface area contributed by atoms with Crippen molar-refractivity contribution >= 4 is 11.6 Å². The van der Waals surface area contributed by atoms with Crippen molar-refractivity contribution in [3.63, 3.8) is 0 Å². The fourth-order valence-corrected chi connectivity index (χ4v) is 2.42. The second kappa shape index (κ2) is 3.92. The van der Waals surface area contributed by atoms with Gasteiger partial charge in [-0.05, 0) is 50.4 Å². The standard InChI is InChI=1S/C12H16ClN/c1-12(6-3-7-14-12)9-10-4-2-5-11(13)8-10/h2,4-5,8,14H,3,6-7,9H2,1H3/t12-/m0/s1. The summed E-state index contributed by atoms with van der Waals surface area (Å²) in [6.07, 6.45) is 3.63. The molecule has 1 aromatic rings. The Hall–Kier alpha value is -0.530. The minimum atomic E-state index is 0.282. The molecule has 0 radical (unpaired) electrons. The number of nitrogens with one attached hydrogen (secondary N) is 1. The Bertz CT molecular complexity index is 316. The Morgan fingerprint density at radius 3 is 3.00 bits per heavy atom. The maximum atomic E-state index is 5.96. The Balaban J connectivity index is 2.10. The van der Waals surface area contributed by atoms with Crippen LogP contribution in [0.1, 0.15) is 25.3 Å². The van der Waals surface area contributed by atoms with E-state index in [2.05, 4.69) is 24.4 Å². The summed E-state index contributed by atoms with van der Waals surface area (Å²) in [4.78, 5) is 0. The average molecular weight is 210 g/mol. The van der Waals surface area contributed by atoms with Crippen LogP contribution in [0, 0.1) is 0 Å². The number of hydrogen-bond donors (Lipinski definition) is 1. The average Bonchev–Trinajstić information content (AvgIpc) is 2.51. The maximum absolute atomic E-state index is 5.96. The molecular formula is C12H16ClN. The maximum Gasteiger partial charge on any atom is 0.0408 e. The highest BCUT2D eigenvalue weighted by molar-refractivity contribution is 6.30. The lowest BCUT2D eigenvalue weighted by Gasteiger charge is -2.24. The molecule has 1 saturated heterocycles. The predicted octanol–water partition coefficient (Wildman–Crippen LogP) is 3.02. The van der Waals surface area contributed by atoms with Crippen LogP contribution in [0.2, 0.25) is 5.02 Å². The molecule has 1 nitrogen and oxygen atoms in total. The summed E-state index contributed by atoms with van der Waals surface area (Å²) in [5.41, 5.74) is 1.61. The molecule has 0 spiro atoms. The molecule has 0 bridgehead atoms. The van der Waals surface area contributed by atoms with Gasteiger partial charge in [-0.1, -0.05) is 23.7 Å². The fraction of sp³-hybridized carbons (Fsp3) is 0.500. The fourth-order valence-electron chi connectivity index (χ4n) is 2.21. The molecule has 0 amide bonds. The van der Waals surface area contributed by atoms with Gasteiger partial charge in [-0.3, -0.25) is 0 Å². The molecule has 1 aliphatic rings. The van der Waals surface area contributed by atoms with E-state index in [1.807, 2.05) is 12.1 Å². The Labute approximate surface area is 90.5 Å². The van der Waals surface area contributed by atoms with E-state index in [9.17, 15) is 0 Å². The van der Waals surface area contributed by atoms with Gasteiger partial charge in [0.25, 0.3) is 0 Å². The largest absolute Gasteiger partial charge is 0.311 e. The molecule has 14 heavy (non-hydrogen) atoms. The highest BCUT2D eigenvalue weighted by Crippen LogP contribution is 2.24. The Kier molecular flexibility index (Phi) is 2.80. The van der Waals surface area contributed by atoms with Crippen molar-refractivity contribution in [3.8, 4) is 0 Å². The van der Waals surface area contributed by atoms with E-state index in [1.165, 1.54) is 18.4 Å². The van der Waals surface area contributed by atoms with Gasteiger partial charge in [0.05, 0.1) is 0 Å². The number of halogens is 1. The van der Waals surface area contributed by atoms with Crippen molar-refractivity contribution in [2.75, 3.05) is 6.54 Å². The van der Waals surface area contributed by atoms with E-state index in [1.54, 1.807) is 0 Å². The van der Waals surface area contributed by atoms with Crippen molar-refractivity contribution in [1.82, 2.24) is 5.32 Å². The third kappa shape index (κ3) is 2.28. The van der Waals surface area contributed by atoms with Gasteiger partial charge in [-0.25, -0.2) is 0 Å². The van der Waals surface area contributed by atoms with Crippen LogP contribution in [0.5, 0.6) is 0 Å². The quantitative estimate of drug-likeness (QED) is 0.790. The molecule has 1 N–H and O–H groups in total. The lowest BCUT2D eigenvalue weighted by molar-refractivity contribution is 0.412. The summed E-state index contributed by atoms with van der Waals surface area (Å²) in [5.74, 6) is 0. The Morgan fingerprint density at radius 1 is 1.50 bits per heavy atom. The summed E-state index contributed by atoms with van der Waals surface area (Å²) in [7, 11) is 0. The summed E-state index contributed by atoms with van der Waals surface area (Å²) < 4.78 is 0.